The van der Waals surface area contributed by atoms with E-state index in [1.165, 1.54) is 24.3 Å². The lowest BCUT2D eigenvalue weighted by atomic mass is 10.1. The van der Waals surface area contributed by atoms with E-state index in [2.05, 4.69) is 30.9 Å². The molecule has 39 heavy (non-hydrogen) atoms. The van der Waals surface area contributed by atoms with Crippen LogP contribution in [0.25, 0.3) is 0 Å². The van der Waals surface area contributed by atoms with Crippen LogP contribution >= 0.6 is 11.8 Å². The molecular formula is C23H42N10O5S. The third-order valence-corrected chi connectivity index (χ3v) is 6.37. The van der Waals surface area contributed by atoms with Crippen molar-refractivity contribution in [3.8, 4) is 0 Å². The molecule has 1 aromatic rings. The summed E-state index contributed by atoms with van der Waals surface area (Å²) in [6, 6.07) is -4.17. The first-order valence-electron chi connectivity index (χ1n) is 12.7. The van der Waals surface area contributed by atoms with Crippen molar-refractivity contribution in [1.82, 2.24) is 25.9 Å². The van der Waals surface area contributed by atoms with Gasteiger partial charge in [-0.3, -0.25) is 19.4 Å². The second-order valence-electron chi connectivity index (χ2n) is 8.92. The quantitative estimate of drug-likeness (QED) is 0.0459. The largest absolute Gasteiger partial charge is 0.480 e. The second-order valence-corrected chi connectivity index (χ2v) is 9.91. The second kappa shape index (κ2) is 18.8. The number of aromatic amines is 1. The Labute approximate surface area is 232 Å². The van der Waals surface area contributed by atoms with Crippen molar-refractivity contribution in [1.29, 1.82) is 0 Å². The van der Waals surface area contributed by atoms with E-state index >= 15 is 0 Å². The Morgan fingerprint density at radius 2 is 1.67 bits per heavy atom. The van der Waals surface area contributed by atoms with E-state index in [0.717, 1.165) is 0 Å². The fourth-order valence-electron chi connectivity index (χ4n) is 3.55. The summed E-state index contributed by atoms with van der Waals surface area (Å²) in [5.74, 6) is -2.62. The molecule has 0 fully saturated rings. The van der Waals surface area contributed by atoms with Gasteiger partial charge >= 0.3 is 5.97 Å². The molecule has 0 saturated heterocycles. The van der Waals surface area contributed by atoms with Gasteiger partial charge in [0.1, 0.15) is 18.1 Å². The summed E-state index contributed by atoms with van der Waals surface area (Å²) in [6.45, 7) is 0.697. The van der Waals surface area contributed by atoms with Crippen LogP contribution in [0.2, 0.25) is 0 Å². The van der Waals surface area contributed by atoms with Crippen LogP contribution in [0.4, 0.5) is 0 Å². The summed E-state index contributed by atoms with van der Waals surface area (Å²) in [7, 11) is 0. The average molecular weight is 571 g/mol. The normalized spacial score (nSPS) is 13.9. The number of hydrogen-bond acceptors (Lipinski definition) is 9. The van der Waals surface area contributed by atoms with Gasteiger partial charge < -0.3 is 49.0 Å². The number of H-pyrrole nitrogens is 1. The molecule has 0 aromatic carbocycles. The predicted molar refractivity (Wildman–Crippen MR) is 150 cm³/mol. The maximum atomic E-state index is 13.3. The van der Waals surface area contributed by atoms with Crippen molar-refractivity contribution in [3.05, 3.63) is 18.2 Å². The van der Waals surface area contributed by atoms with Gasteiger partial charge in [-0.15, -0.1) is 0 Å². The summed E-state index contributed by atoms with van der Waals surface area (Å²) in [5.41, 5.74) is 22.8. The van der Waals surface area contributed by atoms with Crippen LogP contribution in [0, 0.1) is 0 Å². The van der Waals surface area contributed by atoms with E-state index in [0.29, 0.717) is 43.7 Å². The zero-order valence-corrected chi connectivity index (χ0v) is 23.0. The van der Waals surface area contributed by atoms with E-state index in [4.69, 9.17) is 22.9 Å². The molecule has 0 saturated carbocycles. The molecule has 0 bridgehead atoms. The molecule has 0 spiro atoms. The Morgan fingerprint density at radius 3 is 2.26 bits per heavy atom. The number of aliphatic imine (C=N–C) groups is 1. The highest BCUT2D eigenvalue weighted by Gasteiger charge is 2.30. The summed E-state index contributed by atoms with van der Waals surface area (Å²) in [4.78, 5) is 61.5. The van der Waals surface area contributed by atoms with E-state index in [1.807, 2.05) is 6.26 Å². The standard InChI is InChI=1S/C23H42N10O5S/c1-39-10-7-17(22(37)38)32-21(36)18(11-14-12-28-13-30-14)33-20(35)16(6-4-9-29-23(26)27)31-19(34)15(25)5-2-3-8-24/h12-13,15-18H,2-11,24-25H2,1H3,(H,28,30)(H,31,34)(H,32,36)(H,33,35)(H,37,38)(H4,26,27,29). The van der Waals surface area contributed by atoms with Crippen molar-refractivity contribution in [2.24, 2.45) is 27.9 Å². The van der Waals surface area contributed by atoms with Gasteiger partial charge in [0.15, 0.2) is 5.96 Å². The van der Waals surface area contributed by atoms with Crippen LogP contribution in [-0.2, 0) is 25.6 Å². The molecule has 0 aliphatic rings. The minimum atomic E-state index is -1.18. The zero-order chi connectivity index (χ0) is 29.2. The van der Waals surface area contributed by atoms with Gasteiger partial charge in [0.25, 0.3) is 0 Å². The van der Waals surface area contributed by atoms with Gasteiger partial charge in [0.2, 0.25) is 17.7 Å². The molecule has 4 unspecified atom stereocenters. The molecule has 1 aromatic heterocycles. The number of carbonyl (C=O) groups excluding carboxylic acids is 3. The minimum absolute atomic E-state index is 0.0136. The van der Waals surface area contributed by atoms with Crippen molar-refractivity contribution in [2.75, 3.05) is 25.1 Å². The Bertz CT molecular complexity index is 926. The molecule has 1 rings (SSSR count). The highest BCUT2D eigenvalue weighted by molar-refractivity contribution is 7.98. The van der Waals surface area contributed by atoms with Gasteiger partial charge in [0.05, 0.1) is 12.4 Å². The van der Waals surface area contributed by atoms with Crippen LogP contribution in [0.5, 0.6) is 0 Å². The molecule has 0 radical (unpaired) electrons. The maximum Gasteiger partial charge on any atom is 0.326 e. The number of nitrogens with zero attached hydrogens (tertiary/aromatic N) is 2. The number of aromatic nitrogens is 2. The smallest absolute Gasteiger partial charge is 0.326 e. The van der Waals surface area contributed by atoms with Gasteiger partial charge in [-0.2, -0.15) is 11.8 Å². The molecule has 4 atom stereocenters. The molecular weight excluding hydrogens is 528 g/mol. The Hall–Kier alpha value is -3.37. The first-order chi connectivity index (χ1) is 18.6. The number of unbranched alkanes of at least 4 members (excludes halogenated alkanes) is 1. The van der Waals surface area contributed by atoms with Crippen molar-refractivity contribution >= 4 is 41.4 Å². The molecule has 13 N–H and O–H groups in total. The van der Waals surface area contributed by atoms with Crippen LogP contribution in [-0.4, -0.2) is 94.0 Å². The number of guanidine groups is 1. The average Bonchev–Trinajstić information content (AvgIpc) is 3.40. The highest BCUT2D eigenvalue weighted by atomic mass is 32.2. The number of hydrogen-bond donors (Lipinski definition) is 9. The minimum Gasteiger partial charge on any atom is -0.480 e. The molecule has 220 valence electrons. The van der Waals surface area contributed by atoms with Gasteiger partial charge in [-0.25, -0.2) is 9.78 Å². The van der Waals surface area contributed by atoms with Crippen molar-refractivity contribution in [2.45, 2.75) is 69.1 Å². The number of rotatable bonds is 20. The number of nitrogens with two attached hydrogens (primary N) is 4. The highest BCUT2D eigenvalue weighted by Crippen LogP contribution is 2.07. The number of thioether (sulfide) groups is 1. The van der Waals surface area contributed by atoms with Crippen LogP contribution in [0.1, 0.15) is 44.2 Å². The summed E-state index contributed by atoms with van der Waals surface area (Å²) >= 11 is 1.45. The first kappa shape index (κ1) is 33.7. The monoisotopic (exact) mass is 570 g/mol. The van der Waals surface area contributed by atoms with E-state index < -0.39 is 47.9 Å². The number of carboxylic acid groups (broad SMARTS) is 1. The van der Waals surface area contributed by atoms with Crippen LogP contribution < -0.4 is 38.9 Å². The Kier molecular flexibility index (Phi) is 16.2. The van der Waals surface area contributed by atoms with E-state index in [1.54, 1.807) is 0 Å². The zero-order valence-electron chi connectivity index (χ0n) is 22.2. The predicted octanol–water partition coefficient (Wildman–Crippen LogP) is -2.25. The fourth-order valence-corrected chi connectivity index (χ4v) is 4.03. The number of nitrogens with one attached hydrogen (secondary N) is 4. The van der Waals surface area contributed by atoms with Gasteiger partial charge in [0, 0.05) is 24.9 Å². The van der Waals surface area contributed by atoms with Gasteiger partial charge in [-0.1, -0.05) is 6.42 Å². The third-order valence-electron chi connectivity index (χ3n) is 5.72. The Balaban J connectivity index is 3.05. The molecule has 0 aliphatic carbocycles. The maximum absolute atomic E-state index is 13.3. The molecule has 16 heteroatoms. The van der Waals surface area contributed by atoms with Crippen LogP contribution in [0.3, 0.4) is 0 Å². The third kappa shape index (κ3) is 13.8. The van der Waals surface area contributed by atoms with Crippen LogP contribution in [0.15, 0.2) is 17.5 Å². The molecule has 0 aliphatic heterocycles. The summed E-state index contributed by atoms with van der Waals surface area (Å²) in [5, 5.41) is 17.3. The first-order valence-corrected chi connectivity index (χ1v) is 14.1. The molecule has 15 nitrogen and oxygen atoms in total. The Morgan fingerprint density at radius 1 is 1.00 bits per heavy atom. The van der Waals surface area contributed by atoms with E-state index in [9.17, 15) is 24.3 Å². The molecule has 3 amide bonds. The lowest BCUT2D eigenvalue weighted by molar-refractivity contribution is -0.142. The molecule has 1 heterocycles. The summed E-state index contributed by atoms with van der Waals surface area (Å²) < 4.78 is 0. The van der Waals surface area contributed by atoms with Crippen molar-refractivity contribution in [3.63, 3.8) is 0 Å². The number of carbonyl (C=O) groups is 4. The lowest BCUT2D eigenvalue weighted by Crippen LogP contribution is -2.57. The summed E-state index contributed by atoms with van der Waals surface area (Å²) in [6.07, 6.45) is 7.23. The number of imidazole rings is 1. The van der Waals surface area contributed by atoms with E-state index in [-0.39, 0.29) is 31.8 Å². The van der Waals surface area contributed by atoms with Crippen molar-refractivity contribution < 1.29 is 24.3 Å². The topological polar surface area (TPSA) is 270 Å². The fraction of sp³-hybridized carbons (Fsp3) is 0.652. The number of carboxylic acids is 1. The lowest BCUT2D eigenvalue weighted by Gasteiger charge is -2.25. The van der Waals surface area contributed by atoms with Gasteiger partial charge in [-0.05, 0) is 50.7 Å². The number of aliphatic carboxylic acids is 1. The number of amides is 3. The SMILES string of the molecule is CSCCC(NC(=O)C(Cc1cnc[nH]1)NC(=O)C(CCCN=C(N)N)NC(=O)C(N)CCCCN)C(=O)O.